The molecule has 2 aromatic rings. The minimum atomic E-state index is -0.107. The second-order valence-electron chi connectivity index (χ2n) is 8.09. The third-order valence-corrected chi connectivity index (χ3v) is 5.06. The highest BCUT2D eigenvalue weighted by atomic mass is 15.6. The molecule has 1 unspecified atom stereocenters. The monoisotopic (exact) mass is 311 g/mol. The Morgan fingerprint density at radius 3 is 2.57 bits per heavy atom. The fourth-order valence-electron chi connectivity index (χ4n) is 3.16. The molecule has 1 heterocycles. The molecule has 2 saturated carbocycles. The summed E-state index contributed by atoms with van der Waals surface area (Å²) in [7, 11) is 0. The number of hydrogen-bond donors (Lipinski definition) is 1. The molecule has 5 nitrogen and oxygen atoms in total. The molecule has 23 heavy (non-hydrogen) atoms. The lowest BCUT2D eigenvalue weighted by molar-refractivity contribution is 0.304. The first-order chi connectivity index (χ1) is 11.0. The van der Waals surface area contributed by atoms with Crippen molar-refractivity contribution in [1.29, 1.82) is 0 Å². The van der Waals surface area contributed by atoms with Gasteiger partial charge < -0.3 is 5.32 Å². The van der Waals surface area contributed by atoms with Crippen LogP contribution in [0.5, 0.6) is 0 Å². The lowest BCUT2D eigenvalue weighted by atomic mass is 10.1. The van der Waals surface area contributed by atoms with E-state index in [1.54, 1.807) is 4.80 Å². The number of nitrogens with one attached hydrogen (secondary N) is 1. The van der Waals surface area contributed by atoms with Crippen LogP contribution in [0.25, 0.3) is 0 Å². The molecule has 0 aliphatic heterocycles. The van der Waals surface area contributed by atoms with Crippen LogP contribution < -0.4 is 5.32 Å². The van der Waals surface area contributed by atoms with Gasteiger partial charge >= 0.3 is 0 Å². The van der Waals surface area contributed by atoms with E-state index >= 15 is 0 Å². The van der Waals surface area contributed by atoms with Gasteiger partial charge in [0.2, 0.25) is 0 Å². The van der Waals surface area contributed by atoms with Crippen LogP contribution in [0.2, 0.25) is 0 Å². The first kappa shape index (κ1) is 14.8. The van der Waals surface area contributed by atoms with E-state index in [0.717, 1.165) is 12.4 Å². The molecular weight excluding hydrogens is 286 g/mol. The number of tetrazole rings is 1. The van der Waals surface area contributed by atoms with Gasteiger partial charge in [0.05, 0.1) is 5.54 Å². The van der Waals surface area contributed by atoms with E-state index in [2.05, 4.69) is 71.8 Å². The van der Waals surface area contributed by atoms with Crippen LogP contribution in [-0.2, 0) is 11.0 Å². The smallest absolute Gasteiger partial charge is 0.182 e. The van der Waals surface area contributed by atoms with E-state index in [1.165, 1.54) is 24.8 Å². The summed E-state index contributed by atoms with van der Waals surface area (Å²) in [5.74, 6) is 1.59. The molecule has 2 aliphatic carbocycles. The Hall–Kier alpha value is -1.75. The van der Waals surface area contributed by atoms with Crippen LogP contribution in [-0.4, -0.2) is 32.8 Å². The fraction of sp³-hybridized carbons (Fsp3) is 0.611. The second kappa shape index (κ2) is 5.13. The Morgan fingerprint density at radius 1 is 1.22 bits per heavy atom. The van der Waals surface area contributed by atoms with Crippen molar-refractivity contribution in [3.8, 4) is 0 Å². The summed E-state index contributed by atoms with van der Waals surface area (Å²) in [5, 5.41) is 17.0. The molecule has 5 heteroatoms. The zero-order valence-electron chi connectivity index (χ0n) is 14.2. The third-order valence-electron chi connectivity index (χ3n) is 5.06. The molecule has 4 rings (SSSR count). The van der Waals surface area contributed by atoms with Gasteiger partial charge in [0.25, 0.3) is 0 Å². The van der Waals surface area contributed by atoms with Crippen molar-refractivity contribution in [2.75, 3.05) is 6.54 Å². The summed E-state index contributed by atoms with van der Waals surface area (Å²) >= 11 is 0. The Kier molecular flexibility index (Phi) is 3.30. The first-order valence-electron chi connectivity index (χ1n) is 8.57. The molecule has 1 aromatic carbocycles. The van der Waals surface area contributed by atoms with Crippen LogP contribution in [0, 0.1) is 0 Å². The SMILES string of the molecule is CC(C)(C)n1nnc(C2(CN[C@H]3CC3c3ccccc3)CC2)n1. The van der Waals surface area contributed by atoms with Crippen LogP contribution in [0.1, 0.15) is 57.3 Å². The average Bonchev–Trinajstić information content (AvgIpc) is 3.43. The second-order valence-corrected chi connectivity index (χ2v) is 8.09. The van der Waals surface area contributed by atoms with Gasteiger partial charge in [-0.1, -0.05) is 30.3 Å². The fourth-order valence-corrected chi connectivity index (χ4v) is 3.16. The van der Waals surface area contributed by atoms with Crippen molar-refractivity contribution in [2.45, 2.75) is 62.9 Å². The Bertz CT molecular complexity index is 681. The normalized spacial score (nSPS) is 25.3. The minimum absolute atomic E-state index is 0.107. The lowest BCUT2D eigenvalue weighted by Gasteiger charge is -2.16. The van der Waals surface area contributed by atoms with Gasteiger partial charge in [0.15, 0.2) is 5.82 Å². The van der Waals surface area contributed by atoms with Gasteiger partial charge in [0.1, 0.15) is 0 Å². The van der Waals surface area contributed by atoms with Gasteiger partial charge in [-0.05, 0) is 50.8 Å². The molecular formula is C18H25N5. The molecule has 1 N–H and O–H groups in total. The standard InChI is InChI=1S/C18H25N5/c1-17(2,3)23-21-16(20-22-23)18(9-10-18)12-19-15-11-14(15)13-7-5-4-6-8-13/h4-8,14-15,19H,9-12H2,1-3H3/t14?,15-/m0/s1. The zero-order valence-corrected chi connectivity index (χ0v) is 14.2. The highest BCUT2D eigenvalue weighted by Crippen LogP contribution is 2.47. The van der Waals surface area contributed by atoms with Gasteiger partial charge in [-0.2, -0.15) is 4.80 Å². The Labute approximate surface area is 137 Å². The summed E-state index contributed by atoms with van der Waals surface area (Å²) in [6.45, 7) is 7.28. The molecule has 0 amide bonds. The molecule has 2 fully saturated rings. The maximum Gasteiger partial charge on any atom is 0.182 e. The van der Waals surface area contributed by atoms with E-state index in [-0.39, 0.29) is 11.0 Å². The molecule has 122 valence electrons. The largest absolute Gasteiger partial charge is 0.312 e. The first-order valence-corrected chi connectivity index (χ1v) is 8.57. The van der Waals surface area contributed by atoms with Gasteiger partial charge in [-0.15, -0.1) is 10.2 Å². The Balaban J connectivity index is 1.37. The van der Waals surface area contributed by atoms with Crippen LogP contribution in [0.15, 0.2) is 30.3 Å². The molecule has 0 bridgehead atoms. The van der Waals surface area contributed by atoms with Gasteiger partial charge in [-0.25, -0.2) is 0 Å². The summed E-state index contributed by atoms with van der Waals surface area (Å²) in [6, 6.07) is 11.4. The molecule has 0 spiro atoms. The van der Waals surface area contributed by atoms with Crippen molar-refractivity contribution < 1.29 is 0 Å². The van der Waals surface area contributed by atoms with Crippen molar-refractivity contribution in [3.63, 3.8) is 0 Å². The van der Waals surface area contributed by atoms with Crippen LogP contribution in [0.3, 0.4) is 0 Å². The lowest BCUT2D eigenvalue weighted by Crippen LogP contribution is -2.31. The number of nitrogens with zero attached hydrogens (tertiary/aromatic N) is 4. The van der Waals surface area contributed by atoms with Crippen LogP contribution in [0.4, 0.5) is 0 Å². The predicted octanol–water partition coefficient (Wildman–Crippen LogP) is 2.61. The number of hydrogen-bond acceptors (Lipinski definition) is 4. The van der Waals surface area contributed by atoms with Crippen molar-refractivity contribution >= 4 is 0 Å². The van der Waals surface area contributed by atoms with E-state index in [4.69, 9.17) is 0 Å². The number of aromatic nitrogens is 4. The van der Waals surface area contributed by atoms with E-state index in [0.29, 0.717) is 12.0 Å². The Morgan fingerprint density at radius 2 is 1.96 bits per heavy atom. The maximum absolute atomic E-state index is 4.65. The number of benzene rings is 1. The van der Waals surface area contributed by atoms with Crippen molar-refractivity contribution in [2.24, 2.45) is 0 Å². The average molecular weight is 311 g/mol. The third kappa shape index (κ3) is 2.90. The quantitative estimate of drug-likeness (QED) is 0.922. The van der Waals surface area contributed by atoms with Crippen LogP contribution >= 0.6 is 0 Å². The highest BCUT2D eigenvalue weighted by Gasteiger charge is 2.50. The summed E-state index contributed by atoms with van der Waals surface area (Å²) < 4.78 is 0. The molecule has 2 aliphatic rings. The summed E-state index contributed by atoms with van der Waals surface area (Å²) in [5.41, 5.74) is 1.46. The van der Waals surface area contributed by atoms with Gasteiger partial charge in [-0.3, -0.25) is 0 Å². The van der Waals surface area contributed by atoms with E-state index < -0.39 is 0 Å². The van der Waals surface area contributed by atoms with Crippen molar-refractivity contribution in [3.05, 3.63) is 41.7 Å². The highest BCUT2D eigenvalue weighted by molar-refractivity contribution is 5.28. The van der Waals surface area contributed by atoms with E-state index in [9.17, 15) is 0 Å². The number of rotatable bonds is 5. The van der Waals surface area contributed by atoms with Crippen molar-refractivity contribution in [1.82, 2.24) is 25.5 Å². The molecule has 0 saturated heterocycles. The molecule has 2 atom stereocenters. The zero-order chi connectivity index (χ0) is 16.1. The topological polar surface area (TPSA) is 55.6 Å². The van der Waals surface area contributed by atoms with Gasteiger partial charge in [0, 0.05) is 23.9 Å². The summed E-state index contributed by atoms with van der Waals surface area (Å²) in [6.07, 6.45) is 3.57. The van der Waals surface area contributed by atoms with E-state index in [1.807, 2.05) is 0 Å². The molecule has 0 radical (unpaired) electrons. The molecule has 1 aromatic heterocycles. The predicted molar refractivity (Wildman–Crippen MR) is 89.3 cm³/mol. The summed E-state index contributed by atoms with van der Waals surface area (Å²) in [4.78, 5) is 1.74. The minimum Gasteiger partial charge on any atom is -0.312 e. The maximum atomic E-state index is 4.65.